The van der Waals surface area contributed by atoms with Gasteiger partial charge in [0, 0.05) is 12.1 Å². The Hall–Kier alpha value is -1.89. The number of nitrogens with zero attached hydrogens (tertiary/aromatic N) is 2. The summed E-state index contributed by atoms with van der Waals surface area (Å²) >= 11 is 0. The Balaban J connectivity index is 1.76. The van der Waals surface area contributed by atoms with Gasteiger partial charge in [0.1, 0.15) is 0 Å². The molecule has 2 aliphatic rings. The van der Waals surface area contributed by atoms with Crippen LogP contribution in [-0.4, -0.2) is 33.6 Å². The maximum Gasteiger partial charge on any atom is 0.439 e. The highest BCUT2D eigenvalue weighted by atomic mass is 19.4. The second-order valence-electron chi connectivity index (χ2n) is 7.18. The highest BCUT2D eigenvalue weighted by Gasteiger charge is 2.68. The number of carbonyl (C=O) groups is 1. The van der Waals surface area contributed by atoms with E-state index in [1.54, 1.807) is 6.92 Å². The zero-order chi connectivity index (χ0) is 18.9. The van der Waals surface area contributed by atoms with Gasteiger partial charge in [-0.15, -0.1) is 0 Å². The summed E-state index contributed by atoms with van der Waals surface area (Å²) in [5.41, 5.74) is -1.91. The largest absolute Gasteiger partial charge is 0.439 e. The number of rotatable bonds is 4. The fourth-order valence-corrected chi connectivity index (χ4v) is 3.94. The smallest absolute Gasteiger partial charge is 0.362 e. The van der Waals surface area contributed by atoms with Gasteiger partial charge in [-0.1, -0.05) is 43.7 Å². The number of fused-ring (bicyclic) bond motifs is 1. The molecule has 4 nitrogen and oxygen atoms in total. The Bertz CT molecular complexity index is 690. The average Bonchev–Trinajstić information content (AvgIpc) is 2.91. The SMILES string of the molecule is C[C@@H]1CCC[C@@H]2C1=NN(C(=O)CCCc1ccccc1)[C@@]2(O)C(F)(F)F. The van der Waals surface area contributed by atoms with E-state index in [0.29, 0.717) is 30.0 Å². The molecule has 0 aromatic heterocycles. The molecule has 142 valence electrons. The number of halogens is 3. The molecule has 3 atom stereocenters. The normalized spacial score (nSPS) is 28.7. The number of hydrogen-bond donors (Lipinski definition) is 1. The van der Waals surface area contributed by atoms with Crippen LogP contribution in [0.4, 0.5) is 13.2 Å². The molecule has 0 unspecified atom stereocenters. The lowest BCUT2D eigenvalue weighted by atomic mass is 9.75. The molecule has 0 bridgehead atoms. The standard InChI is InChI=1S/C19H23F3N2O2/c1-13-7-5-11-15-17(13)23-24(18(15,26)19(20,21)22)16(25)12-6-10-14-8-3-2-4-9-14/h2-4,8-9,13,15,26H,5-7,10-12H2,1H3/t13-,15-,18+/m1/s1. The minimum atomic E-state index is -4.95. The summed E-state index contributed by atoms with van der Waals surface area (Å²) in [4.78, 5) is 12.5. The second-order valence-corrected chi connectivity index (χ2v) is 7.18. The van der Waals surface area contributed by atoms with Crippen LogP contribution in [-0.2, 0) is 11.2 Å². The van der Waals surface area contributed by atoms with E-state index in [2.05, 4.69) is 5.10 Å². The van der Waals surface area contributed by atoms with Crippen molar-refractivity contribution in [1.82, 2.24) is 5.01 Å². The number of benzene rings is 1. The van der Waals surface area contributed by atoms with Gasteiger partial charge in [-0.2, -0.15) is 23.3 Å². The summed E-state index contributed by atoms with van der Waals surface area (Å²) in [6, 6.07) is 9.43. The summed E-state index contributed by atoms with van der Waals surface area (Å²) < 4.78 is 41.2. The van der Waals surface area contributed by atoms with E-state index in [1.807, 2.05) is 30.3 Å². The monoisotopic (exact) mass is 368 g/mol. The lowest BCUT2D eigenvalue weighted by Gasteiger charge is -2.39. The quantitative estimate of drug-likeness (QED) is 0.876. The number of aryl methyl sites for hydroxylation is 1. The Morgan fingerprint density at radius 3 is 2.65 bits per heavy atom. The van der Waals surface area contributed by atoms with Gasteiger partial charge in [-0.05, 0) is 37.2 Å². The topological polar surface area (TPSA) is 52.9 Å². The van der Waals surface area contributed by atoms with E-state index in [4.69, 9.17) is 0 Å². The third-order valence-electron chi connectivity index (χ3n) is 5.37. The lowest BCUT2D eigenvalue weighted by molar-refractivity contribution is -0.317. The molecule has 1 aliphatic carbocycles. The number of hydrogen-bond acceptors (Lipinski definition) is 3. The number of carbonyl (C=O) groups excluding carboxylic acids is 1. The first-order chi connectivity index (χ1) is 12.2. The number of hydrazone groups is 1. The van der Waals surface area contributed by atoms with Crippen LogP contribution in [0, 0.1) is 11.8 Å². The summed E-state index contributed by atoms with van der Waals surface area (Å²) in [6.45, 7) is 1.80. The van der Waals surface area contributed by atoms with Gasteiger partial charge in [0.25, 0.3) is 5.72 Å². The van der Waals surface area contributed by atoms with Crippen molar-refractivity contribution < 1.29 is 23.1 Å². The predicted molar refractivity (Wildman–Crippen MR) is 91.2 cm³/mol. The molecule has 7 heteroatoms. The fraction of sp³-hybridized carbons (Fsp3) is 0.579. The fourth-order valence-electron chi connectivity index (χ4n) is 3.94. The molecule has 1 aliphatic heterocycles. The third-order valence-corrected chi connectivity index (χ3v) is 5.37. The molecule has 1 fully saturated rings. The van der Waals surface area contributed by atoms with E-state index in [0.717, 1.165) is 12.0 Å². The summed E-state index contributed by atoms with van der Waals surface area (Å²) in [7, 11) is 0. The van der Waals surface area contributed by atoms with Crippen molar-refractivity contribution in [3.8, 4) is 0 Å². The molecule has 0 spiro atoms. The minimum Gasteiger partial charge on any atom is -0.362 e. The van der Waals surface area contributed by atoms with E-state index < -0.39 is 23.7 Å². The first kappa shape index (κ1) is 18.9. The summed E-state index contributed by atoms with van der Waals surface area (Å²) in [5, 5.41) is 14.8. The molecule has 26 heavy (non-hydrogen) atoms. The van der Waals surface area contributed by atoms with E-state index >= 15 is 0 Å². The Kier molecular flexibility index (Phi) is 5.10. The molecule has 1 heterocycles. The lowest BCUT2D eigenvalue weighted by Crippen LogP contribution is -2.61. The Morgan fingerprint density at radius 2 is 2.00 bits per heavy atom. The van der Waals surface area contributed by atoms with Crippen molar-refractivity contribution in [3.05, 3.63) is 35.9 Å². The van der Waals surface area contributed by atoms with Crippen LogP contribution < -0.4 is 0 Å². The van der Waals surface area contributed by atoms with E-state index in [1.165, 1.54) is 0 Å². The van der Waals surface area contributed by atoms with Gasteiger partial charge in [-0.25, -0.2) is 0 Å². The molecule has 1 saturated carbocycles. The number of amides is 1. The van der Waals surface area contributed by atoms with Crippen molar-refractivity contribution in [2.24, 2.45) is 16.9 Å². The van der Waals surface area contributed by atoms with Crippen LogP contribution >= 0.6 is 0 Å². The van der Waals surface area contributed by atoms with Crippen molar-refractivity contribution >= 4 is 11.6 Å². The number of aliphatic hydroxyl groups is 1. The zero-order valence-corrected chi connectivity index (χ0v) is 14.7. The number of alkyl halides is 3. The van der Waals surface area contributed by atoms with Crippen molar-refractivity contribution in [2.45, 2.75) is 57.3 Å². The summed E-state index contributed by atoms with van der Waals surface area (Å²) in [6.07, 6.45) is -2.56. The highest BCUT2D eigenvalue weighted by Crippen LogP contribution is 2.49. The summed E-state index contributed by atoms with van der Waals surface area (Å²) in [5.74, 6) is -2.11. The van der Waals surface area contributed by atoms with Crippen molar-refractivity contribution in [3.63, 3.8) is 0 Å². The molecular weight excluding hydrogens is 345 g/mol. The van der Waals surface area contributed by atoms with Crippen LogP contribution in [0.1, 0.15) is 44.6 Å². The molecule has 1 N–H and O–H groups in total. The van der Waals surface area contributed by atoms with Gasteiger partial charge in [-0.3, -0.25) is 4.79 Å². The highest BCUT2D eigenvalue weighted by molar-refractivity contribution is 5.94. The van der Waals surface area contributed by atoms with Gasteiger partial charge >= 0.3 is 6.18 Å². The molecule has 0 saturated heterocycles. The van der Waals surface area contributed by atoms with Crippen molar-refractivity contribution in [2.75, 3.05) is 0 Å². The van der Waals surface area contributed by atoms with Crippen molar-refractivity contribution in [1.29, 1.82) is 0 Å². The molecule has 1 aromatic carbocycles. The first-order valence-corrected chi connectivity index (χ1v) is 8.99. The van der Waals surface area contributed by atoms with Crippen LogP contribution in [0.5, 0.6) is 0 Å². The van der Waals surface area contributed by atoms with Crippen LogP contribution in [0.15, 0.2) is 35.4 Å². The first-order valence-electron chi connectivity index (χ1n) is 8.99. The molecule has 3 rings (SSSR count). The maximum absolute atomic E-state index is 13.7. The van der Waals surface area contributed by atoms with Crippen LogP contribution in [0.25, 0.3) is 0 Å². The zero-order valence-electron chi connectivity index (χ0n) is 14.7. The van der Waals surface area contributed by atoms with Crippen LogP contribution in [0.2, 0.25) is 0 Å². The molecular formula is C19H23F3N2O2. The molecule has 0 radical (unpaired) electrons. The Labute approximate surface area is 150 Å². The molecule has 1 amide bonds. The Morgan fingerprint density at radius 1 is 1.31 bits per heavy atom. The third kappa shape index (κ3) is 3.24. The van der Waals surface area contributed by atoms with Gasteiger partial charge < -0.3 is 5.11 Å². The average molecular weight is 368 g/mol. The predicted octanol–water partition coefficient (Wildman–Crippen LogP) is 3.89. The second kappa shape index (κ2) is 7.02. The maximum atomic E-state index is 13.7. The minimum absolute atomic E-state index is 0.0921. The molecule has 1 aromatic rings. The van der Waals surface area contributed by atoms with E-state index in [-0.39, 0.29) is 18.8 Å². The van der Waals surface area contributed by atoms with Gasteiger partial charge in [0.05, 0.1) is 5.92 Å². The van der Waals surface area contributed by atoms with Gasteiger partial charge in [0.2, 0.25) is 5.91 Å². The van der Waals surface area contributed by atoms with Gasteiger partial charge in [0.15, 0.2) is 0 Å². The van der Waals surface area contributed by atoms with Crippen LogP contribution in [0.3, 0.4) is 0 Å². The van der Waals surface area contributed by atoms with E-state index in [9.17, 15) is 23.1 Å².